The summed E-state index contributed by atoms with van der Waals surface area (Å²) in [5.41, 5.74) is 1.90. The monoisotopic (exact) mass is 748 g/mol. The van der Waals surface area contributed by atoms with Crippen molar-refractivity contribution in [1.82, 2.24) is 0 Å². The average Bonchev–Trinajstić information content (AvgIpc) is 3.10. The van der Waals surface area contributed by atoms with E-state index in [0.717, 1.165) is 23.3 Å². The minimum absolute atomic E-state index is 0.0158. The Balaban J connectivity index is 1.67. The molecule has 3 aliphatic heterocycles. The molecule has 0 saturated carbocycles. The molecule has 16 nitrogen and oxygen atoms in total. The second kappa shape index (κ2) is 16.3. The van der Waals surface area contributed by atoms with Gasteiger partial charge in [0.2, 0.25) is 12.1 Å². The Bertz CT molecular complexity index is 1710. The molecular weight excluding hydrogens is 700 g/mol. The first-order chi connectivity index (χ1) is 24.9. The molecule has 16 heteroatoms. The van der Waals surface area contributed by atoms with E-state index in [0.29, 0.717) is 0 Å². The third kappa shape index (κ3) is 8.17. The number of rotatable bonds is 10. The molecule has 292 valence electrons. The zero-order valence-corrected chi connectivity index (χ0v) is 29.9. The predicted molar refractivity (Wildman–Crippen MR) is 183 cm³/mol. The van der Waals surface area contributed by atoms with E-state index in [-0.39, 0.29) is 46.6 Å². The lowest BCUT2D eigenvalue weighted by Gasteiger charge is -2.42. The summed E-state index contributed by atoms with van der Waals surface area (Å²) < 4.78 is 29.7. The number of aromatic hydroxyl groups is 3. The quantitative estimate of drug-likeness (QED) is 0.117. The molecule has 2 aromatic carbocycles. The van der Waals surface area contributed by atoms with Crippen LogP contribution in [0.4, 0.5) is 0 Å². The highest BCUT2D eigenvalue weighted by atomic mass is 16.7. The fourth-order valence-electron chi connectivity index (χ4n) is 6.38. The number of Topliss-reactive ketones (excluding diaryl/α,β-unsaturated/α-hetero) is 1. The van der Waals surface area contributed by atoms with Gasteiger partial charge < -0.3 is 74.7 Å². The first-order valence-electron chi connectivity index (χ1n) is 17.2. The van der Waals surface area contributed by atoms with Crippen molar-refractivity contribution in [3.8, 4) is 28.7 Å². The molecule has 10 N–H and O–H groups in total. The molecule has 0 aliphatic carbocycles. The van der Waals surface area contributed by atoms with Crippen LogP contribution in [0.3, 0.4) is 0 Å². The van der Waals surface area contributed by atoms with Gasteiger partial charge in [-0.1, -0.05) is 23.3 Å². The van der Waals surface area contributed by atoms with Gasteiger partial charge >= 0.3 is 0 Å². The number of phenolic OH excluding ortho intramolecular Hbond substituents is 3. The number of hydrogen-bond donors (Lipinski definition) is 10. The molecule has 12 atom stereocenters. The van der Waals surface area contributed by atoms with E-state index in [1.807, 2.05) is 13.8 Å². The lowest BCUT2D eigenvalue weighted by Crippen LogP contribution is -2.60. The van der Waals surface area contributed by atoms with Crippen molar-refractivity contribution in [1.29, 1.82) is 0 Å². The normalized spacial score (nSPS) is 32.7. The van der Waals surface area contributed by atoms with Gasteiger partial charge in [-0.25, -0.2) is 0 Å². The van der Waals surface area contributed by atoms with Crippen LogP contribution in [0.15, 0.2) is 41.5 Å². The number of carbonyl (C=O) groups is 1. The number of hydrogen-bond acceptors (Lipinski definition) is 16. The number of allylic oxidation sites excluding steroid dienone is 4. The van der Waals surface area contributed by atoms with Gasteiger partial charge in [0.25, 0.3) is 0 Å². The molecule has 53 heavy (non-hydrogen) atoms. The number of ketones is 1. The first kappa shape index (κ1) is 40.4. The molecule has 0 amide bonds. The van der Waals surface area contributed by atoms with E-state index in [1.54, 1.807) is 26.0 Å². The maximum absolute atomic E-state index is 14.5. The number of phenols is 3. The number of ether oxygens (including phenoxy) is 5. The SMILES string of the molecule is CC(C)=CCc1cc([C@H]2Oc3c(CC=C(C)C)c(O[C@@H]4O[C@H](CO)[C@@H](O)[C@H](O)[C@H]4O)cc(O)c3C(=O)[C@@H]2O[C@@H]2O[C@@H](C)[C@H](O)[C@@H](O)[C@H]2O)cc(O)c1O. The van der Waals surface area contributed by atoms with Crippen LogP contribution in [0, 0.1) is 0 Å². The minimum atomic E-state index is -1.83. The maximum Gasteiger partial charge on any atom is 0.229 e. The van der Waals surface area contributed by atoms with Gasteiger partial charge in [0.05, 0.1) is 12.7 Å². The molecule has 5 rings (SSSR count). The van der Waals surface area contributed by atoms with E-state index < -0.39 is 103 Å². The fraction of sp³-hybridized carbons (Fsp3) is 0.541. The van der Waals surface area contributed by atoms with Crippen molar-refractivity contribution >= 4 is 5.78 Å². The molecule has 0 spiro atoms. The van der Waals surface area contributed by atoms with Crippen molar-refractivity contribution < 1.29 is 79.5 Å². The van der Waals surface area contributed by atoms with E-state index in [4.69, 9.17) is 23.7 Å². The number of benzene rings is 2. The summed E-state index contributed by atoms with van der Waals surface area (Å²) in [4.78, 5) is 14.5. The summed E-state index contributed by atoms with van der Waals surface area (Å²) in [6.07, 6.45) is -15.4. The van der Waals surface area contributed by atoms with Crippen molar-refractivity contribution in [2.24, 2.45) is 0 Å². The topological polar surface area (TPSA) is 266 Å². The van der Waals surface area contributed by atoms with Gasteiger partial charge in [0.1, 0.15) is 65.5 Å². The molecule has 2 saturated heterocycles. The predicted octanol–water partition coefficient (Wildman–Crippen LogP) is 0.529. The van der Waals surface area contributed by atoms with Crippen LogP contribution < -0.4 is 9.47 Å². The summed E-state index contributed by atoms with van der Waals surface area (Å²) >= 11 is 0. The summed E-state index contributed by atoms with van der Waals surface area (Å²) in [6.45, 7) is 7.99. The zero-order valence-electron chi connectivity index (χ0n) is 29.9. The van der Waals surface area contributed by atoms with Crippen LogP contribution in [-0.4, -0.2) is 131 Å². The van der Waals surface area contributed by atoms with Gasteiger partial charge in [0, 0.05) is 17.2 Å². The van der Waals surface area contributed by atoms with Gasteiger partial charge in [-0.05, 0) is 65.2 Å². The Kier molecular flexibility index (Phi) is 12.4. The van der Waals surface area contributed by atoms with Crippen LogP contribution in [0.1, 0.15) is 67.8 Å². The van der Waals surface area contributed by atoms with Crippen molar-refractivity contribution in [2.45, 2.75) is 121 Å². The molecule has 0 bridgehead atoms. The molecule has 0 radical (unpaired) electrons. The Labute approximate surface area is 305 Å². The van der Waals surface area contributed by atoms with Crippen molar-refractivity contribution in [2.75, 3.05) is 6.61 Å². The lowest BCUT2D eigenvalue weighted by molar-refractivity contribution is -0.304. The van der Waals surface area contributed by atoms with Crippen LogP contribution in [0.25, 0.3) is 0 Å². The van der Waals surface area contributed by atoms with Crippen LogP contribution >= 0.6 is 0 Å². The third-order valence-electron chi connectivity index (χ3n) is 9.49. The number of fused-ring (bicyclic) bond motifs is 1. The Morgan fingerprint density at radius 1 is 0.774 bits per heavy atom. The Hall–Kier alpha value is -3.81. The molecule has 3 aliphatic rings. The van der Waals surface area contributed by atoms with Crippen LogP contribution in [0.2, 0.25) is 0 Å². The molecule has 0 aromatic heterocycles. The number of carbonyl (C=O) groups excluding carboxylic acids is 1. The summed E-state index contributed by atoms with van der Waals surface area (Å²) in [5, 5.41) is 106. The van der Waals surface area contributed by atoms with Crippen LogP contribution in [-0.2, 0) is 27.1 Å². The number of aliphatic hydroxyl groups excluding tert-OH is 7. The summed E-state index contributed by atoms with van der Waals surface area (Å²) in [7, 11) is 0. The van der Waals surface area contributed by atoms with Gasteiger partial charge in [0.15, 0.2) is 30.0 Å². The highest BCUT2D eigenvalue weighted by Gasteiger charge is 2.50. The van der Waals surface area contributed by atoms with Crippen LogP contribution in [0.5, 0.6) is 28.7 Å². The number of aliphatic hydroxyl groups is 7. The fourth-order valence-corrected chi connectivity index (χ4v) is 6.38. The molecule has 2 fully saturated rings. The lowest BCUT2D eigenvalue weighted by atomic mass is 9.88. The zero-order chi connectivity index (χ0) is 39.0. The maximum atomic E-state index is 14.5. The third-order valence-corrected chi connectivity index (χ3v) is 9.49. The minimum Gasteiger partial charge on any atom is -0.507 e. The van der Waals surface area contributed by atoms with Crippen molar-refractivity contribution in [3.05, 3.63) is 63.8 Å². The molecule has 0 unspecified atom stereocenters. The van der Waals surface area contributed by atoms with E-state index in [2.05, 4.69) is 0 Å². The van der Waals surface area contributed by atoms with Crippen molar-refractivity contribution in [3.63, 3.8) is 0 Å². The largest absolute Gasteiger partial charge is 0.507 e. The molecule has 3 heterocycles. The van der Waals surface area contributed by atoms with Gasteiger partial charge in [-0.15, -0.1) is 0 Å². The Morgan fingerprint density at radius 2 is 1.40 bits per heavy atom. The smallest absolute Gasteiger partial charge is 0.229 e. The van der Waals surface area contributed by atoms with Gasteiger partial charge in [-0.3, -0.25) is 4.79 Å². The highest BCUT2D eigenvalue weighted by Crippen LogP contribution is 2.49. The Morgan fingerprint density at radius 3 is 2.04 bits per heavy atom. The summed E-state index contributed by atoms with van der Waals surface area (Å²) in [5.74, 6) is -2.89. The summed E-state index contributed by atoms with van der Waals surface area (Å²) in [6, 6.07) is 3.70. The van der Waals surface area contributed by atoms with E-state index in [1.165, 1.54) is 13.0 Å². The average molecular weight is 749 g/mol. The van der Waals surface area contributed by atoms with E-state index in [9.17, 15) is 55.9 Å². The molecular formula is C37H48O16. The highest BCUT2D eigenvalue weighted by molar-refractivity contribution is 6.06. The second-order valence-electron chi connectivity index (χ2n) is 14.1. The standard InChI is InChI=1S/C37H48O16/c1-14(2)6-8-17-10-18(11-21(40)26(17)42)33-35(53-36-31(47)29(45)25(41)16(5)49-36)28(44)24-20(39)12-22(19(34(24)52-33)9-7-15(3)4)50-37-32(48)30(46)27(43)23(13-38)51-37/h6-7,10-12,16,23,25,27,29-33,35-43,45-48H,8-9,13H2,1-5H3/t16-,23+,25-,27+,29+,30-,31+,32+,33+,35-,36-,37+/m0/s1. The van der Waals surface area contributed by atoms with E-state index >= 15 is 0 Å². The van der Waals surface area contributed by atoms with Gasteiger partial charge in [-0.2, -0.15) is 0 Å². The second-order valence-corrected chi connectivity index (χ2v) is 14.1. The molecule has 2 aromatic rings. The first-order valence-corrected chi connectivity index (χ1v) is 17.2.